The minimum atomic E-state index is 0.162. The lowest BCUT2D eigenvalue weighted by atomic mass is 9.92. The lowest BCUT2D eigenvalue weighted by Gasteiger charge is -2.21. The van der Waals surface area contributed by atoms with E-state index in [2.05, 4.69) is 11.7 Å². The Kier molecular flexibility index (Phi) is 3.23. The summed E-state index contributed by atoms with van der Waals surface area (Å²) in [4.78, 5) is 4.00. The highest BCUT2D eigenvalue weighted by Crippen LogP contribution is 2.25. The van der Waals surface area contributed by atoms with Gasteiger partial charge in [-0.1, -0.05) is 12.2 Å². The smallest absolute Gasteiger partial charge is 0.0443 e. The van der Waals surface area contributed by atoms with Gasteiger partial charge in [-0.3, -0.25) is 4.99 Å². The minimum absolute atomic E-state index is 0.162. The Hall–Kier alpha value is -0.890. The molecule has 0 aromatic heterocycles. The van der Waals surface area contributed by atoms with Gasteiger partial charge in [-0.15, -0.1) is 0 Å². The van der Waals surface area contributed by atoms with Crippen molar-refractivity contribution in [1.82, 2.24) is 0 Å². The molecule has 1 aliphatic rings. The maximum Gasteiger partial charge on any atom is 0.0443 e. The van der Waals surface area contributed by atoms with E-state index < -0.39 is 0 Å². The van der Waals surface area contributed by atoms with Crippen LogP contribution < -0.4 is 5.73 Å². The molecule has 0 aliphatic heterocycles. The SMILES string of the molecule is C=NC1=C(/C=C\C)C(N)CCC1. The second-order valence-corrected chi connectivity index (χ2v) is 3.06. The average Bonchev–Trinajstić information content (AvgIpc) is 2.09. The molecular weight excluding hydrogens is 148 g/mol. The number of nitrogens with two attached hydrogens (primary N) is 1. The number of aliphatic imine (C=N–C) groups is 1. The highest BCUT2D eigenvalue weighted by atomic mass is 14.7. The maximum atomic E-state index is 5.93. The Balaban J connectivity index is 2.94. The summed E-state index contributed by atoms with van der Waals surface area (Å²) >= 11 is 0. The predicted molar refractivity (Wildman–Crippen MR) is 53.2 cm³/mol. The van der Waals surface area contributed by atoms with Crippen LogP contribution in [-0.2, 0) is 0 Å². The van der Waals surface area contributed by atoms with Crippen LogP contribution in [0.1, 0.15) is 26.2 Å². The van der Waals surface area contributed by atoms with Crippen molar-refractivity contribution in [1.29, 1.82) is 0 Å². The van der Waals surface area contributed by atoms with Gasteiger partial charge >= 0.3 is 0 Å². The Morgan fingerprint density at radius 1 is 1.67 bits per heavy atom. The fourth-order valence-corrected chi connectivity index (χ4v) is 1.57. The van der Waals surface area contributed by atoms with Crippen LogP contribution in [0, 0.1) is 0 Å². The highest BCUT2D eigenvalue weighted by molar-refractivity contribution is 5.37. The van der Waals surface area contributed by atoms with E-state index >= 15 is 0 Å². The van der Waals surface area contributed by atoms with E-state index in [-0.39, 0.29) is 6.04 Å². The molecule has 0 fully saturated rings. The molecule has 0 heterocycles. The summed E-state index contributed by atoms with van der Waals surface area (Å²) in [6.07, 6.45) is 7.28. The van der Waals surface area contributed by atoms with Gasteiger partial charge in [0.2, 0.25) is 0 Å². The summed E-state index contributed by atoms with van der Waals surface area (Å²) < 4.78 is 0. The van der Waals surface area contributed by atoms with Gasteiger partial charge in [0, 0.05) is 11.7 Å². The first kappa shape index (κ1) is 9.20. The van der Waals surface area contributed by atoms with Crippen molar-refractivity contribution in [2.24, 2.45) is 10.7 Å². The quantitative estimate of drug-likeness (QED) is 0.623. The lowest BCUT2D eigenvalue weighted by Crippen LogP contribution is -2.25. The van der Waals surface area contributed by atoms with E-state index in [1.807, 2.05) is 19.1 Å². The molecule has 66 valence electrons. The van der Waals surface area contributed by atoms with Crippen LogP contribution in [0.3, 0.4) is 0 Å². The Morgan fingerprint density at radius 3 is 3.00 bits per heavy atom. The molecule has 0 saturated carbocycles. The molecule has 1 aliphatic carbocycles. The first-order valence-electron chi connectivity index (χ1n) is 4.37. The second-order valence-electron chi connectivity index (χ2n) is 3.06. The number of rotatable bonds is 2. The van der Waals surface area contributed by atoms with Crippen molar-refractivity contribution in [3.05, 3.63) is 23.4 Å². The van der Waals surface area contributed by atoms with E-state index in [1.165, 1.54) is 5.57 Å². The number of allylic oxidation sites excluding steroid dienone is 2. The molecule has 1 atom stereocenters. The van der Waals surface area contributed by atoms with E-state index in [0.717, 1.165) is 25.0 Å². The summed E-state index contributed by atoms with van der Waals surface area (Å²) in [5, 5.41) is 0. The molecule has 12 heavy (non-hydrogen) atoms. The molecule has 0 saturated heterocycles. The summed E-state index contributed by atoms with van der Waals surface area (Å²) in [6, 6.07) is 0.162. The number of hydrogen-bond acceptors (Lipinski definition) is 2. The van der Waals surface area contributed by atoms with Gasteiger partial charge in [-0.05, 0) is 38.5 Å². The molecule has 2 N–H and O–H groups in total. The molecule has 1 unspecified atom stereocenters. The van der Waals surface area contributed by atoms with E-state index in [4.69, 9.17) is 5.73 Å². The second kappa shape index (κ2) is 4.21. The Labute approximate surface area is 73.9 Å². The largest absolute Gasteiger partial charge is 0.324 e. The summed E-state index contributed by atoms with van der Waals surface area (Å²) in [6.45, 7) is 5.55. The van der Waals surface area contributed by atoms with Crippen LogP contribution in [0.2, 0.25) is 0 Å². The van der Waals surface area contributed by atoms with Crippen molar-refractivity contribution in [3.63, 3.8) is 0 Å². The molecule has 0 spiro atoms. The fourth-order valence-electron chi connectivity index (χ4n) is 1.57. The van der Waals surface area contributed by atoms with Crippen molar-refractivity contribution < 1.29 is 0 Å². The fraction of sp³-hybridized carbons (Fsp3) is 0.500. The molecule has 0 bridgehead atoms. The van der Waals surface area contributed by atoms with Crippen LogP contribution in [0.5, 0.6) is 0 Å². The Morgan fingerprint density at radius 2 is 2.42 bits per heavy atom. The van der Waals surface area contributed by atoms with Crippen molar-refractivity contribution in [2.75, 3.05) is 0 Å². The van der Waals surface area contributed by atoms with Crippen LogP contribution in [0.25, 0.3) is 0 Å². The molecule has 2 heteroatoms. The number of hydrogen-bond donors (Lipinski definition) is 1. The summed E-state index contributed by atoms with van der Waals surface area (Å²) in [7, 11) is 0. The van der Waals surface area contributed by atoms with Crippen molar-refractivity contribution >= 4 is 6.72 Å². The third kappa shape index (κ3) is 1.83. The molecular formula is C10H16N2. The third-order valence-corrected chi connectivity index (χ3v) is 2.20. The van der Waals surface area contributed by atoms with Gasteiger partial charge in [-0.2, -0.15) is 0 Å². The first-order valence-corrected chi connectivity index (χ1v) is 4.37. The van der Waals surface area contributed by atoms with Gasteiger partial charge in [0.05, 0.1) is 0 Å². The number of nitrogens with zero attached hydrogens (tertiary/aromatic N) is 1. The Bertz CT molecular complexity index is 226. The normalized spacial score (nSPS) is 25.0. The van der Waals surface area contributed by atoms with E-state index in [9.17, 15) is 0 Å². The standard InChI is InChI=1S/C10H16N2/c1-3-5-8-9(11)6-4-7-10(8)12-2/h3,5,9H,2,4,6-7,11H2,1H3/b5-3-. The summed E-state index contributed by atoms with van der Waals surface area (Å²) in [5.41, 5.74) is 8.18. The average molecular weight is 164 g/mol. The van der Waals surface area contributed by atoms with Crippen LogP contribution in [0.15, 0.2) is 28.4 Å². The zero-order valence-electron chi connectivity index (χ0n) is 7.59. The van der Waals surface area contributed by atoms with Gasteiger partial charge in [0.15, 0.2) is 0 Å². The van der Waals surface area contributed by atoms with E-state index in [0.29, 0.717) is 0 Å². The highest BCUT2D eigenvalue weighted by Gasteiger charge is 2.16. The van der Waals surface area contributed by atoms with Crippen LogP contribution in [0.4, 0.5) is 0 Å². The first-order chi connectivity index (χ1) is 5.79. The molecule has 2 nitrogen and oxygen atoms in total. The predicted octanol–water partition coefficient (Wildman–Crippen LogP) is 2.03. The lowest BCUT2D eigenvalue weighted by molar-refractivity contribution is 0.602. The van der Waals surface area contributed by atoms with Gasteiger partial charge in [0.1, 0.15) is 0 Å². The topological polar surface area (TPSA) is 38.4 Å². The zero-order valence-corrected chi connectivity index (χ0v) is 7.59. The minimum Gasteiger partial charge on any atom is -0.324 e. The molecule has 0 aromatic carbocycles. The van der Waals surface area contributed by atoms with E-state index in [1.54, 1.807) is 0 Å². The molecule has 0 aromatic rings. The van der Waals surface area contributed by atoms with Crippen LogP contribution in [-0.4, -0.2) is 12.8 Å². The third-order valence-electron chi connectivity index (χ3n) is 2.20. The van der Waals surface area contributed by atoms with Gasteiger partial charge < -0.3 is 5.73 Å². The zero-order chi connectivity index (χ0) is 8.97. The summed E-state index contributed by atoms with van der Waals surface area (Å²) in [5.74, 6) is 0. The monoisotopic (exact) mass is 164 g/mol. The molecule has 1 rings (SSSR count). The maximum absolute atomic E-state index is 5.93. The van der Waals surface area contributed by atoms with Crippen molar-refractivity contribution in [2.45, 2.75) is 32.2 Å². The molecule has 0 radical (unpaired) electrons. The molecule has 0 amide bonds. The van der Waals surface area contributed by atoms with Gasteiger partial charge in [-0.25, -0.2) is 0 Å². The van der Waals surface area contributed by atoms with Crippen molar-refractivity contribution in [3.8, 4) is 0 Å². The van der Waals surface area contributed by atoms with Crippen LogP contribution >= 0.6 is 0 Å². The van der Waals surface area contributed by atoms with Gasteiger partial charge in [0.25, 0.3) is 0 Å².